The number of hydrogen-bond donors (Lipinski definition) is 3. The monoisotopic (exact) mass is 681 g/mol. The van der Waals surface area contributed by atoms with Gasteiger partial charge in [0.1, 0.15) is 12.4 Å². The fraction of sp³-hybridized carbons (Fsp3) is 0.324. The van der Waals surface area contributed by atoms with Gasteiger partial charge in [0.2, 0.25) is 5.91 Å². The van der Waals surface area contributed by atoms with Gasteiger partial charge in [0.25, 0.3) is 5.69 Å². The number of carboxylic acids is 1. The Morgan fingerprint density at radius 1 is 0.917 bits per heavy atom. The van der Waals surface area contributed by atoms with E-state index in [1.54, 1.807) is 44.2 Å². The highest BCUT2D eigenvalue weighted by Gasteiger charge is 2.43. The molecule has 3 atom stereocenters. The molecule has 3 rings (SSSR count). The molecule has 3 aromatic carbocycles. The zero-order valence-electron chi connectivity index (χ0n) is 26.7. The molecule has 0 aromatic heterocycles. The number of carbonyl (C=O) groups excluding carboxylic acids is 2. The van der Waals surface area contributed by atoms with Crippen LogP contribution in [0.2, 0.25) is 0 Å². The zero-order chi connectivity index (χ0) is 34.9. The first-order valence-corrected chi connectivity index (χ1v) is 16.9. The van der Waals surface area contributed by atoms with E-state index in [0.717, 1.165) is 5.56 Å². The highest BCUT2D eigenvalue weighted by molar-refractivity contribution is 7.54. The Hall–Kier alpha value is -4.84. The molecule has 0 aliphatic rings. The molecule has 3 aromatic rings. The number of benzene rings is 3. The number of non-ortho nitro benzene ring substituents is 1. The summed E-state index contributed by atoms with van der Waals surface area (Å²) in [5.41, 5.74) is 1.91. The lowest BCUT2D eigenvalue weighted by Crippen LogP contribution is -2.40. The summed E-state index contributed by atoms with van der Waals surface area (Å²) in [4.78, 5) is 47.6. The minimum Gasteiger partial charge on any atom is -0.479 e. The molecule has 0 bridgehead atoms. The predicted molar refractivity (Wildman–Crippen MR) is 179 cm³/mol. The number of rotatable bonds is 19. The molecule has 14 heteroatoms. The molecule has 0 fully saturated rings. The Labute approximate surface area is 279 Å². The number of ether oxygens (including phenoxy) is 1. The number of nitro groups is 1. The minimum absolute atomic E-state index is 0.0480. The highest BCUT2D eigenvalue weighted by atomic mass is 31.2. The molecule has 256 valence electrons. The van der Waals surface area contributed by atoms with Crippen molar-refractivity contribution in [2.75, 3.05) is 6.54 Å². The van der Waals surface area contributed by atoms with E-state index in [1.165, 1.54) is 36.4 Å². The summed E-state index contributed by atoms with van der Waals surface area (Å²) in [6.07, 6.45) is 1.09. The van der Waals surface area contributed by atoms with Crippen molar-refractivity contribution < 1.29 is 42.8 Å². The topological polar surface area (TPSA) is 183 Å². The van der Waals surface area contributed by atoms with Crippen LogP contribution in [-0.4, -0.2) is 46.4 Å². The smallest absolute Gasteiger partial charge is 0.407 e. The molecule has 0 heterocycles. The lowest BCUT2D eigenvalue weighted by molar-refractivity contribution is -0.384. The molecule has 0 radical (unpaired) electrons. The summed E-state index contributed by atoms with van der Waals surface area (Å²) < 4.78 is 31.2. The first-order valence-electron chi connectivity index (χ1n) is 15.3. The number of amides is 2. The minimum atomic E-state index is -4.35. The quantitative estimate of drug-likeness (QED) is 0.0405. The van der Waals surface area contributed by atoms with E-state index in [-0.39, 0.29) is 31.9 Å². The SMILES string of the molecule is CC(C)[C@@H](NC(=O)C=Cc1ccc([N+](=O)[O-])cc1)P(=O)(OCc1ccccc1)OC(CCCCNC(=O)OCc1ccccc1)C(=O)O. The van der Waals surface area contributed by atoms with Crippen molar-refractivity contribution in [1.82, 2.24) is 10.6 Å². The molecular formula is C34H40N3O10P. The van der Waals surface area contributed by atoms with E-state index in [0.29, 0.717) is 24.0 Å². The van der Waals surface area contributed by atoms with Gasteiger partial charge in [-0.05, 0) is 60.1 Å². The Balaban J connectivity index is 1.66. The van der Waals surface area contributed by atoms with E-state index in [1.807, 2.05) is 30.3 Å². The molecule has 13 nitrogen and oxygen atoms in total. The highest BCUT2D eigenvalue weighted by Crippen LogP contribution is 2.56. The fourth-order valence-electron chi connectivity index (χ4n) is 4.42. The first kappa shape index (κ1) is 37.6. The van der Waals surface area contributed by atoms with Crippen LogP contribution in [0.4, 0.5) is 10.5 Å². The van der Waals surface area contributed by atoms with Gasteiger partial charge in [-0.3, -0.25) is 24.0 Å². The van der Waals surface area contributed by atoms with Crippen molar-refractivity contribution in [3.05, 3.63) is 118 Å². The van der Waals surface area contributed by atoms with Crippen LogP contribution < -0.4 is 10.6 Å². The van der Waals surface area contributed by atoms with Crippen molar-refractivity contribution in [2.45, 2.75) is 58.2 Å². The first-order chi connectivity index (χ1) is 23.0. The second kappa shape index (κ2) is 19.1. The molecule has 0 saturated carbocycles. The summed E-state index contributed by atoms with van der Waals surface area (Å²) in [5, 5.41) is 26.2. The van der Waals surface area contributed by atoms with E-state index in [9.17, 15) is 34.2 Å². The van der Waals surface area contributed by atoms with Crippen LogP contribution in [0.3, 0.4) is 0 Å². The molecule has 2 unspecified atom stereocenters. The van der Waals surface area contributed by atoms with Crippen molar-refractivity contribution >= 4 is 37.3 Å². The van der Waals surface area contributed by atoms with Crippen LogP contribution in [0.1, 0.15) is 49.8 Å². The number of aliphatic carboxylic acids is 1. The Morgan fingerprint density at radius 3 is 2.08 bits per heavy atom. The zero-order valence-corrected chi connectivity index (χ0v) is 27.6. The molecule has 48 heavy (non-hydrogen) atoms. The van der Waals surface area contributed by atoms with Gasteiger partial charge >= 0.3 is 19.7 Å². The van der Waals surface area contributed by atoms with Crippen LogP contribution in [0.15, 0.2) is 91.0 Å². The normalized spacial score (nSPS) is 13.7. The van der Waals surface area contributed by atoms with Crippen molar-refractivity contribution in [1.29, 1.82) is 0 Å². The second-order valence-electron chi connectivity index (χ2n) is 11.1. The van der Waals surface area contributed by atoms with Gasteiger partial charge < -0.3 is 25.0 Å². The number of hydrogen-bond acceptors (Lipinski definition) is 9. The van der Waals surface area contributed by atoms with Crippen molar-refractivity contribution in [3.63, 3.8) is 0 Å². The van der Waals surface area contributed by atoms with Crippen LogP contribution in [0, 0.1) is 16.0 Å². The van der Waals surface area contributed by atoms with Crippen LogP contribution in [0.5, 0.6) is 0 Å². The standard InChI is InChI=1S/C34H40N3O10P/c1-25(2)32(36-31(38)21-18-26-16-19-29(20-17-26)37(42)43)48(44,46-24-28-13-7-4-8-14-28)47-30(33(39)40)15-9-10-22-35-34(41)45-23-27-11-5-3-6-12-27/h3-8,11-14,16-21,25,30,32H,9-10,15,22-24H2,1-2H3,(H,35,41)(H,36,38)(H,39,40)/t30?,32-,48?/m0/s1. The van der Waals surface area contributed by atoms with E-state index in [2.05, 4.69) is 10.6 Å². The van der Waals surface area contributed by atoms with Crippen molar-refractivity contribution in [2.24, 2.45) is 5.92 Å². The Bertz CT molecular complexity index is 1570. The van der Waals surface area contributed by atoms with Crippen LogP contribution in [0.25, 0.3) is 6.08 Å². The molecule has 0 spiro atoms. The van der Waals surface area contributed by atoms with E-state index < -0.39 is 48.3 Å². The number of carboxylic acid groups (broad SMARTS) is 1. The average molecular weight is 682 g/mol. The summed E-state index contributed by atoms with van der Waals surface area (Å²) >= 11 is 0. The third-order valence-corrected chi connectivity index (χ3v) is 9.42. The fourth-order valence-corrected chi connectivity index (χ4v) is 6.66. The number of unbranched alkanes of at least 4 members (excludes halogenated alkanes) is 1. The van der Waals surface area contributed by atoms with Gasteiger partial charge in [-0.2, -0.15) is 0 Å². The third kappa shape index (κ3) is 12.7. The van der Waals surface area contributed by atoms with Gasteiger partial charge in [-0.1, -0.05) is 74.5 Å². The van der Waals surface area contributed by atoms with Gasteiger partial charge in [0.05, 0.1) is 11.5 Å². The van der Waals surface area contributed by atoms with E-state index in [4.69, 9.17) is 13.8 Å². The molecule has 0 aliphatic heterocycles. The number of nitro benzene ring substituents is 1. The third-order valence-electron chi connectivity index (χ3n) is 6.97. The number of nitrogens with one attached hydrogen (secondary N) is 2. The molecule has 0 aliphatic carbocycles. The van der Waals surface area contributed by atoms with Crippen molar-refractivity contribution in [3.8, 4) is 0 Å². The Kier molecular flexibility index (Phi) is 15.0. The molecule has 0 saturated heterocycles. The molecule has 3 N–H and O–H groups in total. The van der Waals surface area contributed by atoms with Crippen LogP contribution in [-0.2, 0) is 41.2 Å². The maximum absolute atomic E-state index is 14.4. The summed E-state index contributed by atoms with van der Waals surface area (Å²) in [7, 11) is -4.35. The summed E-state index contributed by atoms with van der Waals surface area (Å²) in [5.74, 6) is -3.75. The lowest BCUT2D eigenvalue weighted by atomic mass is 10.1. The Morgan fingerprint density at radius 2 is 1.52 bits per heavy atom. The number of carbonyl (C=O) groups is 3. The van der Waals surface area contributed by atoms with Gasteiger partial charge in [0, 0.05) is 24.8 Å². The molecule has 2 amide bonds. The van der Waals surface area contributed by atoms with E-state index >= 15 is 0 Å². The maximum Gasteiger partial charge on any atom is 0.407 e. The van der Waals surface area contributed by atoms with Gasteiger partial charge in [-0.15, -0.1) is 0 Å². The lowest BCUT2D eigenvalue weighted by Gasteiger charge is -2.31. The van der Waals surface area contributed by atoms with Gasteiger partial charge in [-0.25, -0.2) is 9.59 Å². The van der Waals surface area contributed by atoms with Gasteiger partial charge in [0.15, 0.2) is 6.10 Å². The predicted octanol–water partition coefficient (Wildman–Crippen LogP) is 6.68. The molecular weight excluding hydrogens is 641 g/mol. The summed E-state index contributed by atoms with van der Waals surface area (Å²) in [6, 6.07) is 23.5. The number of alkyl carbamates (subject to hydrolysis) is 1. The second-order valence-corrected chi connectivity index (χ2v) is 13.2. The largest absolute Gasteiger partial charge is 0.479 e. The average Bonchev–Trinajstić information content (AvgIpc) is 3.08. The maximum atomic E-state index is 14.4. The summed E-state index contributed by atoms with van der Waals surface area (Å²) in [6.45, 7) is 3.53. The van der Waals surface area contributed by atoms with Crippen LogP contribution >= 0.6 is 7.60 Å². The number of nitrogens with zero attached hydrogens (tertiary/aromatic N) is 1.